The normalized spacial score (nSPS) is 11.5. The van der Waals surface area contributed by atoms with E-state index in [2.05, 4.69) is 5.32 Å². The van der Waals surface area contributed by atoms with E-state index < -0.39 is 5.97 Å². The lowest BCUT2D eigenvalue weighted by atomic mass is 10.2. The van der Waals surface area contributed by atoms with Gasteiger partial charge in [0.2, 0.25) is 5.91 Å². The van der Waals surface area contributed by atoms with Crippen molar-refractivity contribution in [1.82, 2.24) is 5.32 Å². The lowest BCUT2D eigenvalue weighted by molar-refractivity contribution is -0.133. The molecule has 4 heteroatoms. The fourth-order valence-electron chi connectivity index (χ4n) is 0.585. The Morgan fingerprint density at radius 3 is 2.25 bits per heavy atom. The number of carbonyl (C=O) groups is 2. The lowest BCUT2D eigenvalue weighted by Gasteiger charge is -2.04. The minimum Gasteiger partial charge on any atom is -0.478 e. The molecule has 0 unspecified atom stereocenters. The van der Waals surface area contributed by atoms with Crippen molar-refractivity contribution in [3.63, 3.8) is 0 Å². The third-order valence-electron chi connectivity index (χ3n) is 1.12. The number of carboxylic acid groups (broad SMARTS) is 1. The van der Waals surface area contributed by atoms with E-state index >= 15 is 0 Å². The van der Waals surface area contributed by atoms with Gasteiger partial charge in [0.05, 0.1) is 0 Å². The Morgan fingerprint density at radius 1 is 1.42 bits per heavy atom. The highest BCUT2D eigenvalue weighted by molar-refractivity contribution is 5.97. The van der Waals surface area contributed by atoms with Gasteiger partial charge in [-0.25, -0.2) is 4.79 Å². The molecule has 0 aromatic heterocycles. The smallest absolute Gasteiger partial charge is 0.331 e. The maximum absolute atomic E-state index is 10.9. The maximum atomic E-state index is 10.9. The standard InChI is InChI=1S/C8H13NO3/c1-5(2)9-7(10)4-6(3)8(11)12/h4-5H,1-3H3,(H,9,10)(H,11,12)/b6-4-. The molecule has 0 rings (SSSR count). The summed E-state index contributed by atoms with van der Waals surface area (Å²) in [5.74, 6) is -1.45. The molecule has 0 saturated heterocycles. The van der Waals surface area contributed by atoms with Gasteiger partial charge in [-0.3, -0.25) is 4.79 Å². The first-order valence-corrected chi connectivity index (χ1v) is 3.65. The Kier molecular flexibility index (Phi) is 4.04. The fraction of sp³-hybridized carbons (Fsp3) is 0.500. The third kappa shape index (κ3) is 4.49. The van der Waals surface area contributed by atoms with Gasteiger partial charge in [-0.15, -0.1) is 0 Å². The highest BCUT2D eigenvalue weighted by Gasteiger charge is 2.04. The van der Waals surface area contributed by atoms with Crippen molar-refractivity contribution in [1.29, 1.82) is 0 Å². The Bertz CT molecular complexity index is 218. The van der Waals surface area contributed by atoms with Crippen LogP contribution in [0.2, 0.25) is 0 Å². The minimum absolute atomic E-state index is 0.0235. The Morgan fingerprint density at radius 2 is 1.92 bits per heavy atom. The molecular weight excluding hydrogens is 158 g/mol. The maximum Gasteiger partial charge on any atom is 0.331 e. The highest BCUT2D eigenvalue weighted by Crippen LogP contribution is 1.91. The first-order chi connectivity index (χ1) is 5.43. The number of hydrogen-bond acceptors (Lipinski definition) is 2. The molecular formula is C8H13NO3. The molecule has 0 saturated carbocycles. The summed E-state index contributed by atoms with van der Waals surface area (Å²) in [5.41, 5.74) is 0.0353. The van der Waals surface area contributed by atoms with Gasteiger partial charge < -0.3 is 10.4 Å². The molecule has 0 aromatic rings. The number of amides is 1. The Hall–Kier alpha value is -1.32. The van der Waals surface area contributed by atoms with Crippen LogP contribution in [-0.2, 0) is 9.59 Å². The molecule has 2 N–H and O–H groups in total. The van der Waals surface area contributed by atoms with E-state index in [4.69, 9.17) is 5.11 Å². The summed E-state index contributed by atoms with van der Waals surface area (Å²) in [4.78, 5) is 21.2. The summed E-state index contributed by atoms with van der Waals surface area (Å²) in [6.45, 7) is 4.99. The van der Waals surface area contributed by atoms with Crippen LogP contribution in [0.1, 0.15) is 20.8 Å². The first kappa shape index (κ1) is 10.7. The van der Waals surface area contributed by atoms with Crippen molar-refractivity contribution < 1.29 is 14.7 Å². The molecule has 0 aliphatic heterocycles. The second kappa shape index (κ2) is 4.54. The zero-order chi connectivity index (χ0) is 9.72. The van der Waals surface area contributed by atoms with Gasteiger partial charge >= 0.3 is 5.97 Å². The summed E-state index contributed by atoms with van der Waals surface area (Å²) < 4.78 is 0. The van der Waals surface area contributed by atoms with Crippen molar-refractivity contribution in [3.8, 4) is 0 Å². The largest absolute Gasteiger partial charge is 0.478 e. The van der Waals surface area contributed by atoms with Crippen molar-refractivity contribution in [2.24, 2.45) is 0 Å². The van der Waals surface area contributed by atoms with Crippen LogP contribution in [0, 0.1) is 0 Å². The van der Waals surface area contributed by atoms with Crippen LogP contribution in [0.3, 0.4) is 0 Å². The first-order valence-electron chi connectivity index (χ1n) is 3.65. The molecule has 0 atom stereocenters. The Labute approximate surface area is 71.3 Å². The van der Waals surface area contributed by atoms with Crippen LogP contribution >= 0.6 is 0 Å². The van der Waals surface area contributed by atoms with Crippen LogP contribution in [0.15, 0.2) is 11.6 Å². The fourth-order valence-corrected chi connectivity index (χ4v) is 0.585. The van der Waals surface area contributed by atoms with Gasteiger partial charge in [-0.05, 0) is 20.8 Å². The lowest BCUT2D eigenvalue weighted by Crippen LogP contribution is -2.28. The number of carboxylic acids is 1. The van der Waals surface area contributed by atoms with Gasteiger partial charge in [0, 0.05) is 17.7 Å². The second-order valence-electron chi connectivity index (χ2n) is 2.80. The molecule has 0 fully saturated rings. The van der Waals surface area contributed by atoms with Crippen LogP contribution in [-0.4, -0.2) is 23.0 Å². The predicted molar refractivity (Wildman–Crippen MR) is 44.7 cm³/mol. The molecule has 1 amide bonds. The molecule has 0 radical (unpaired) electrons. The number of hydrogen-bond donors (Lipinski definition) is 2. The van der Waals surface area contributed by atoms with Gasteiger partial charge in [-0.2, -0.15) is 0 Å². The molecule has 4 nitrogen and oxygen atoms in total. The van der Waals surface area contributed by atoms with Crippen molar-refractivity contribution in [2.45, 2.75) is 26.8 Å². The molecule has 0 aromatic carbocycles. The van der Waals surface area contributed by atoms with Crippen molar-refractivity contribution in [2.75, 3.05) is 0 Å². The van der Waals surface area contributed by atoms with Gasteiger partial charge in [-0.1, -0.05) is 0 Å². The number of carbonyl (C=O) groups excluding carboxylic acids is 1. The quantitative estimate of drug-likeness (QED) is 0.609. The zero-order valence-corrected chi connectivity index (χ0v) is 7.42. The highest BCUT2D eigenvalue weighted by atomic mass is 16.4. The average molecular weight is 171 g/mol. The molecule has 0 bridgehead atoms. The molecule has 0 spiro atoms. The van der Waals surface area contributed by atoms with E-state index in [0.29, 0.717) is 0 Å². The second-order valence-corrected chi connectivity index (χ2v) is 2.80. The summed E-state index contributed by atoms with van der Waals surface area (Å²) in [5, 5.41) is 11.0. The van der Waals surface area contributed by atoms with E-state index in [9.17, 15) is 9.59 Å². The van der Waals surface area contributed by atoms with E-state index in [1.54, 1.807) is 0 Å². The van der Waals surface area contributed by atoms with Crippen LogP contribution in [0.4, 0.5) is 0 Å². The number of aliphatic carboxylic acids is 1. The predicted octanol–water partition coefficient (Wildman–Crippen LogP) is 0.542. The summed E-state index contributed by atoms with van der Waals surface area (Å²) >= 11 is 0. The SMILES string of the molecule is C/C(=C/C(=O)NC(C)C)C(=O)O. The third-order valence-corrected chi connectivity index (χ3v) is 1.12. The summed E-state index contributed by atoms with van der Waals surface area (Å²) in [7, 11) is 0. The molecule has 0 aliphatic carbocycles. The van der Waals surface area contributed by atoms with Crippen LogP contribution in [0.25, 0.3) is 0 Å². The zero-order valence-electron chi connectivity index (χ0n) is 7.42. The van der Waals surface area contributed by atoms with Crippen molar-refractivity contribution >= 4 is 11.9 Å². The van der Waals surface area contributed by atoms with Gasteiger partial charge in [0.1, 0.15) is 0 Å². The van der Waals surface area contributed by atoms with E-state index in [-0.39, 0.29) is 17.5 Å². The minimum atomic E-state index is -1.08. The van der Waals surface area contributed by atoms with E-state index in [1.807, 2.05) is 13.8 Å². The average Bonchev–Trinajstić information content (AvgIpc) is 1.84. The molecule has 0 aliphatic rings. The monoisotopic (exact) mass is 171 g/mol. The topological polar surface area (TPSA) is 66.4 Å². The molecule has 0 heterocycles. The van der Waals surface area contributed by atoms with Crippen LogP contribution in [0.5, 0.6) is 0 Å². The van der Waals surface area contributed by atoms with Crippen molar-refractivity contribution in [3.05, 3.63) is 11.6 Å². The number of nitrogens with one attached hydrogen (secondary N) is 1. The van der Waals surface area contributed by atoms with Gasteiger partial charge in [0.25, 0.3) is 0 Å². The molecule has 68 valence electrons. The van der Waals surface area contributed by atoms with E-state index in [0.717, 1.165) is 6.08 Å². The van der Waals surface area contributed by atoms with E-state index in [1.165, 1.54) is 6.92 Å². The van der Waals surface area contributed by atoms with Gasteiger partial charge in [0.15, 0.2) is 0 Å². The number of rotatable bonds is 3. The summed E-state index contributed by atoms with van der Waals surface area (Å²) in [6, 6.07) is 0.0235. The van der Waals surface area contributed by atoms with Crippen LogP contribution < -0.4 is 5.32 Å². The molecule has 12 heavy (non-hydrogen) atoms. The Balaban J connectivity index is 4.15. The summed E-state index contributed by atoms with van der Waals surface area (Å²) in [6.07, 6.45) is 1.07.